The molecule has 0 saturated carbocycles. The van der Waals surface area contributed by atoms with E-state index in [1.165, 1.54) is 55.8 Å². The number of nitrogens with one attached hydrogen (secondary N) is 1. The number of hydrogen-bond acceptors (Lipinski definition) is 3. The smallest absolute Gasteiger partial charge is 0.00915 e. The van der Waals surface area contributed by atoms with Crippen molar-refractivity contribution in [1.29, 1.82) is 0 Å². The highest BCUT2D eigenvalue weighted by Gasteiger charge is 2.18. The number of hydrogen-bond donors (Lipinski definition) is 1. The van der Waals surface area contributed by atoms with Crippen molar-refractivity contribution >= 4 is 11.3 Å². The fraction of sp³-hybridized carbons (Fsp3) is 0.474. The SMILES string of the molecule is c1ccc(CCN2CCC(NCCc3cccs3)CC2)cc1. The molecular formula is C19H26N2S. The Labute approximate surface area is 138 Å². The summed E-state index contributed by atoms with van der Waals surface area (Å²) in [7, 11) is 0. The third-order valence-corrected chi connectivity index (χ3v) is 5.47. The van der Waals surface area contributed by atoms with Gasteiger partial charge >= 0.3 is 0 Å². The normalized spacial score (nSPS) is 16.9. The second-order valence-electron chi connectivity index (χ2n) is 6.14. The van der Waals surface area contributed by atoms with Crippen LogP contribution in [-0.4, -0.2) is 37.1 Å². The van der Waals surface area contributed by atoms with E-state index >= 15 is 0 Å². The Hall–Kier alpha value is -1.16. The van der Waals surface area contributed by atoms with Crippen LogP contribution in [0.25, 0.3) is 0 Å². The molecule has 1 aromatic heterocycles. The first-order valence-electron chi connectivity index (χ1n) is 8.42. The van der Waals surface area contributed by atoms with Crippen molar-refractivity contribution in [3.8, 4) is 0 Å². The number of nitrogens with zero attached hydrogens (tertiary/aromatic N) is 1. The highest BCUT2D eigenvalue weighted by atomic mass is 32.1. The topological polar surface area (TPSA) is 15.3 Å². The van der Waals surface area contributed by atoms with E-state index in [9.17, 15) is 0 Å². The third-order valence-electron chi connectivity index (χ3n) is 4.53. The van der Waals surface area contributed by atoms with E-state index in [1.54, 1.807) is 0 Å². The number of thiophene rings is 1. The number of rotatable bonds is 7. The summed E-state index contributed by atoms with van der Waals surface area (Å²) in [5.74, 6) is 0. The summed E-state index contributed by atoms with van der Waals surface area (Å²) >= 11 is 1.87. The Morgan fingerprint density at radius 1 is 1.00 bits per heavy atom. The monoisotopic (exact) mass is 314 g/mol. The summed E-state index contributed by atoms with van der Waals surface area (Å²) < 4.78 is 0. The lowest BCUT2D eigenvalue weighted by Crippen LogP contribution is -2.43. The predicted octanol–water partition coefficient (Wildman–Crippen LogP) is 3.59. The molecule has 2 heterocycles. The Morgan fingerprint density at radius 3 is 2.55 bits per heavy atom. The van der Waals surface area contributed by atoms with E-state index in [1.807, 2.05) is 11.3 Å². The highest BCUT2D eigenvalue weighted by molar-refractivity contribution is 7.09. The largest absolute Gasteiger partial charge is 0.314 e. The van der Waals surface area contributed by atoms with E-state index in [0.717, 1.165) is 6.54 Å². The van der Waals surface area contributed by atoms with Crippen molar-refractivity contribution in [1.82, 2.24) is 10.2 Å². The number of piperidine rings is 1. The minimum absolute atomic E-state index is 0.716. The minimum atomic E-state index is 0.716. The molecule has 0 unspecified atom stereocenters. The van der Waals surface area contributed by atoms with Gasteiger partial charge in [0.05, 0.1) is 0 Å². The maximum Gasteiger partial charge on any atom is 0.00915 e. The number of benzene rings is 1. The second kappa shape index (κ2) is 8.47. The zero-order valence-electron chi connectivity index (χ0n) is 13.2. The number of likely N-dealkylation sites (tertiary alicyclic amines) is 1. The van der Waals surface area contributed by atoms with Crippen molar-refractivity contribution in [2.24, 2.45) is 0 Å². The van der Waals surface area contributed by atoms with E-state index < -0.39 is 0 Å². The Kier molecular flexibility index (Phi) is 6.05. The zero-order valence-corrected chi connectivity index (χ0v) is 14.0. The lowest BCUT2D eigenvalue weighted by atomic mass is 10.0. The van der Waals surface area contributed by atoms with Crippen molar-refractivity contribution in [3.63, 3.8) is 0 Å². The van der Waals surface area contributed by atoms with Crippen LogP contribution in [0, 0.1) is 0 Å². The lowest BCUT2D eigenvalue weighted by Gasteiger charge is -2.32. The lowest BCUT2D eigenvalue weighted by molar-refractivity contribution is 0.200. The van der Waals surface area contributed by atoms with E-state index in [0.29, 0.717) is 6.04 Å². The summed E-state index contributed by atoms with van der Waals surface area (Å²) in [6.45, 7) is 4.80. The summed E-state index contributed by atoms with van der Waals surface area (Å²) in [6.07, 6.45) is 4.93. The van der Waals surface area contributed by atoms with E-state index in [-0.39, 0.29) is 0 Å². The van der Waals surface area contributed by atoms with Crippen LogP contribution in [-0.2, 0) is 12.8 Å². The molecule has 1 aliphatic heterocycles. The van der Waals surface area contributed by atoms with Crippen LogP contribution in [0.4, 0.5) is 0 Å². The standard InChI is InChI=1S/C19H26N2S/c1-2-5-17(6-3-1)9-13-21-14-10-18(11-15-21)20-12-8-19-7-4-16-22-19/h1-7,16,18,20H,8-15H2. The maximum absolute atomic E-state index is 3.73. The molecule has 0 spiro atoms. The van der Waals surface area contributed by atoms with Crippen molar-refractivity contribution in [2.75, 3.05) is 26.2 Å². The van der Waals surface area contributed by atoms with Gasteiger partial charge in [-0.25, -0.2) is 0 Å². The fourth-order valence-corrected chi connectivity index (χ4v) is 3.86. The first-order chi connectivity index (χ1) is 10.9. The van der Waals surface area contributed by atoms with Crippen LogP contribution < -0.4 is 5.32 Å². The third kappa shape index (κ3) is 4.94. The molecule has 1 N–H and O–H groups in total. The molecule has 1 fully saturated rings. The van der Waals surface area contributed by atoms with E-state index in [4.69, 9.17) is 0 Å². The van der Waals surface area contributed by atoms with Gasteiger partial charge in [0.25, 0.3) is 0 Å². The summed E-state index contributed by atoms with van der Waals surface area (Å²) in [5, 5.41) is 5.90. The fourth-order valence-electron chi connectivity index (χ4n) is 3.15. The predicted molar refractivity (Wildman–Crippen MR) is 95.6 cm³/mol. The maximum atomic E-state index is 3.73. The van der Waals surface area contributed by atoms with Gasteiger partial charge in [0.15, 0.2) is 0 Å². The van der Waals surface area contributed by atoms with Crippen LogP contribution in [0.15, 0.2) is 47.8 Å². The van der Waals surface area contributed by atoms with Gasteiger partial charge in [0.1, 0.15) is 0 Å². The molecule has 3 heteroatoms. The zero-order chi connectivity index (χ0) is 15.0. The first-order valence-corrected chi connectivity index (χ1v) is 9.30. The molecule has 22 heavy (non-hydrogen) atoms. The molecule has 118 valence electrons. The van der Waals surface area contributed by atoms with Crippen LogP contribution in [0.2, 0.25) is 0 Å². The van der Waals surface area contributed by atoms with Crippen molar-refractivity contribution < 1.29 is 0 Å². The molecule has 0 amide bonds. The van der Waals surface area contributed by atoms with Crippen molar-refractivity contribution in [2.45, 2.75) is 31.7 Å². The van der Waals surface area contributed by atoms with Crippen molar-refractivity contribution in [3.05, 3.63) is 58.3 Å². The molecular weight excluding hydrogens is 288 g/mol. The van der Waals surface area contributed by atoms with Gasteiger partial charge in [-0.3, -0.25) is 0 Å². The quantitative estimate of drug-likeness (QED) is 0.840. The summed E-state index contributed by atoms with van der Waals surface area (Å²) in [5.41, 5.74) is 1.46. The Morgan fingerprint density at radius 2 is 1.82 bits per heavy atom. The minimum Gasteiger partial charge on any atom is -0.314 e. The average molecular weight is 314 g/mol. The van der Waals surface area contributed by atoms with Gasteiger partial charge in [0.2, 0.25) is 0 Å². The van der Waals surface area contributed by atoms with Crippen LogP contribution >= 0.6 is 11.3 Å². The van der Waals surface area contributed by atoms with Crippen LogP contribution in [0.3, 0.4) is 0 Å². The van der Waals surface area contributed by atoms with Gasteiger partial charge in [-0.1, -0.05) is 36.4 Å². The molecule has 0 atom stereocenters. The molecule has 0 radical (unpaired) electrons. The Bertz CT molecular complexity index is 516. The molecule has 1 aliphatic rings. The summed E-state index contributed by atoms with van der Waals surface area (Å²) in [4.78, 5) is 4.11. The first kappa shape index (κ1) is 15.7. The molecule has 1 saturated heterocycles. The van der Waals surface area contributed by atoms with Crippen LogP contribution in [0.5, 0.6) is 0 Å². The van der Waals surface area contributed by atoms with Gasteiger partial charge in [-0.15, -0.1) is 11.3 Å². The Balaban J connectivity index is 1.30. The molecule has 2 nitrogen and oxygen atoms in total. The highest BCUT2D eigenvalue weighted by Crippen LogP contribution is 2.13. The van der Waals surface area contributed by atoms with Gasteiger partial charge < -0.3 is 10.2 Å². The molecule has 0 bridgehead atoms. The molecule has 3 rings (SSSR count). The van der Waals surface area contributed by atoms with Gasteiger partial charge in [0, 0.05) is 24.0 Å². The van der Waals surface area contributed by atoms with E-state index in [2.05, 4.69) is 58.1 Å². The second-order valence-corrected chi connectivity index (χ2v) is 7.17. The summed E-state index contributed by atoms with van der Waals surface area (Å²) in [6, 6.07) is 15.9. The molecule has 2 aromatic rings. The molecule has 1 aromatic carbocycles. The van der Waals surface area contributed by atoms with Gasteiger partial charge in [-0.2, -0.15) is 0 Å². The molecule has 0 aliphatic carbocycles. The van der Waals surface area contributed by atoms with Gasteiger partial charge in [-0.05, 0) is 55.8 Å². The average Bonchev–Trinajstić information content (AvgIpc) is 3.08. The van der Waals surface area contributed by atoms with Crippen LogP contribution in [0.1, 0.15) is 23.3 Å².